The van der Waals surface area contributed by atoms with Crippen molar-refractivity contribution in [1.29, 1.82) is 0 Å². The minimum atomic E-state index is -2.95. The van der Waals surface area contributed by atoms with Gasteiger partial charge in [-0.1, -0.05) is 0 Å². The number of aliphatic hydroxyl groups is 3. The second kappa shape index (κ2) is 4.37. The number of nitrogens with two attached hydrogens (primary N) is 1. The highest BCUT2D eigenvalue weighted by molar-refractivity contribution is 5.10. The van der Waals surface area contributed by atoms with E-state index in [-0.39, 0.29) is 0 Å². The first-order chi connectivity index (χ1) is 9.12. The molecule has 0 aromatic carbocycles. The molecule has 0 amide bonds. The summed E-state index contributed by atoms with van der Waals surface area (Å²) in [6, 6.07) is 0. The molecule has 2 heterocycles. The van der Waals surface area contributed by atoms with Crippen LogP contribution >= 0.6 is 0 Å². The van der Waals surface area contributed by atoms with E-state index in [1.165, 1.54) is 0 Å². The number of anilines is 1. The standard InChI is InChI=1S/C8H12N4O5/c9-7-10-2-12(8(16)11-7)6-5(15)4(14)3(1-13)17-6/h2-6,13-15H,1H2,(H2,9,11,16)/t3-,4+,5?,6-/m1/s1/i1D2,2D. The van der Waals surface area contributed by atoms with Crippen LogP contribution in [-0.2, 0) is 4.74 Å². The first-order valence-electron chi connectivity index (χ1n) is 6.09. The summed E-state index contributed by atoms with van der Waals surface area (Å²) < 4.78 is 27.1. The lowest BCUT2D eigenvalue weighted by molar-refractivity contribution is -0.0554. The van der Waals surface area contributed by atoms with E-state index in [0.29, 0.717) is 4.57 Å². The van der Waals surface area contributed by atoms with Crippen LogP contribution in [0.25, 0.3) is 0 Å². The highest BCUT2D eigenvalue weighted by Gasteiger charge is 2.43. The van der Waals surface area contributed by atoms with E-state index < -0.39 is 49.0 Å². The minimum Gasteiger partial charge on any atom is -0.394 e. The third-order valence-corrected chi connectivity index (χ3v) is 2.31. The topological polar surface area (TPSA) is 144 Å². The second-order valence-electron chi connectivity index (χ2n) is 3.39. The van der Waals surface area contributed by atoms with Crippen molar-refractivity contribution in [1.82, 2.24) is 14.5 Å². The van der Waals surface area contributed by atoms with Gasteiger partial charge in [0.05, 0.1) is 9.30 Å². The van der Waals surface area contributed by atoms with Gasteiger partial charge in [-0.2, -0.15) is 4.98 Å². The van der Waals surface area contributed by atoms with Crippen LogP contribution < -0.4 is 11.4 Å². The Bertz CT molecular complexity index is 576. The fourth-order valence-corrected chi connectivity index (χ4v) is 1.47. The SMILES string of the molecule is [2H]c1nc(N)nc(=O)n1[C@@H]1O[C@H](C([2H])([2H])O)[C@H](O)C1O. The molecule has 1 aromatic rings. The van der Waals surface area contributed by atoms with Crippen LogP contribution in [0.3, 0.4) is 0 Å². The van der Waals surface area contributed by atoms with Crippen molar-refractivity contribution in [3.63, 3.8) is 0 Å². The van der Waals surface area contributed by atoms with Crippen molar-refractivity contribution in [3.05, 3.63) is 16.8 Å². The molecule has 1 fully saturated rings. The Kier molecular flexibility index (Phi) is 2.19. The van der Waals surface area contributed by atoms with Crippen molar-refractivity contribution in [2.45, 2.75) is 24.5 Å². The van der Waals surface area contributed by atoms with E-state index in [2.05, 4.69) is 9.97 Å². The molecule has 1 saturated heterocycles. The van der Waals surface area contributed by atoms with Crippen molar-refractivity contribution in [3.8, 4) is 0 Å². The second-order valence-corrected chi connectivity index (χ2v) is 3.39. The van der Waals surface area contributed by atoms with Crippen LogP contribution in [-0.4, -0.2) is 54.7 Å². The summed E-state index contributed by atoms with van der Waals surface area (Å²) in [6.45, 7) is -2.95. The van der Waals surface area contributed by atoms with Gasteiger partial charge in [0, 0.05) is 0 Å². The smallest absolute Gasteiger partial charge is 0.354 e. The zero-order valence-electron chi connectivity index (χ0n) is 11.4. The highest BCUT2D eigenvalue weighted by Crippen LogP contribution is 2.27. The van der Waals surface area contributed by atoms with E-state index in [9.17, 15) is 20.1 Å². The maximum Gasteiger partial charge on any atom is 0.354 e. The molecule has 5 N–H and O–H groups in total. The Morgan fingerprint density at radius 3 is 2.88 bits per heavy atom. The summed E-state index contributed by atoms with van der Waals surface area (Å²) in [5.74, 6) is -0.446. The zero-order chi connectivity index (χ0) is 15.2. The van der Waals surface area contributed by atoms with E-state index in [4.69, 9.17) is 14.6 Å². The summed E-state index contributed by atoms with van der Waals surface area (Å²) in [7, 11) is 0. The predicted molar refractivity (Wildman–Crippen MR) is 53.7 cm³/mol. The van der Waals surface area contributed by atoms with Crippen LogP contribution in [0.5, 0.6) is 0 Å². The van der Waals surface area contributed by atoms with Crippen LogP contribution in [0.4, 0.5) is 5.95 Å². The summed E-state index contributed by atoms with van der Waals surface area (Å²) in [5, 5.41) is 28.6. The summed E-state index contributed by atoms with van der Waals surface area (Å²) in [6.07, 6.45) is -7.65. The van der Waals surface area contributed by atoms with Crippen LogP contribution in [0, 0.1) is 0 Å². The number of nitrogens with zero attached hydrogens (tertiary/aromatic N) is 3. The largest absolute Gasteiger partial charge is 0.394 e. The first-order valence-corrected chi connectivity index (χ1v) is 4.59. The molecule has 0 aliphatic carbocycles. The Morgan fingerprint density at radius 1 is 1.65 bits per heavy atom. The minimum absolute atomic E-state index is 0.446. The summed E-state index contributed by atoms with van der Waals surface area (Å²) in [4.78, 5) is 18.3. The molecule has 4 atom stereocenters. The molecule has 9 nitrogen and oxygen atoms in total. The molecule has 0 radical (unpaired) electrons. The van der Waals surface area contributed by atoms with Gasteiger partial charge in [-0.05, 0) is 0 Å². The van der Waals surface area contributed by atoms with Crippen molar-refractivity contribution < 1.29 is 24.2 Å². The molecule has 0 spiro atoms. The van der Waals surface area contributed by atoms with Crippen LogP contribution in [0.2, 0.25) is 0 Å². The number of rotatable bonds is 2. The maximum absolute atomic E-state index is 11.6. The number of ether oxygens (including phenoxy) is 1. The number of aromatic nitrogens is 3. The van der Waals surface area contributed by atoms with Gasteiger partial charge in [0.25, 0.3) is 0 Å². The van der Waals surface area contributed by atoms with Gasteiger partial charge in [-0.25, -0.2) is 9.78 Å². The lowest BCUT2D eigenvalue weighted by Crippen LogP contribution is -2.36. The summed E-state index contributed by atoms with van der Waals surface area (Å²) in [5.41, 5.74) is 4.12. The molecular weight excluding hydrogens is 232 g/mol. The summed E-state index contributed by atoms with van der Waals surface area (Å²) >= 11 is 0. The van der Waals surface area contributed by atoms with E-state index >= 15 is 0 Å². The van der Waals surface area contributed by atoms with Gasteiger partial charge in [0.15, 0.2) is 6.23 Å². The number of hydrogen-bond donors (Lipinski definition) is 4. The van der Waals surface area contributed by atoms with Crippen LogP contribution in [0.15, 0.2) is 11.1 Å². The normalized spacial score (nSPS) is 36.3. The van der Waals surface area contributed by atoms with Crippen molar-refractivity contribution in [2.75, 3.05) is 12.3 Å². The molecule has 1 unspecified atom stereocenters. The van der Waals surface area contributed by atoms with Gasteiger partial charge in [-0.3, -0.25) is 4.57 Å². The molecule has 0 bridgehead atoms. The third kappa shape index (κ3) is 2.00. The lowest BCUT2D eigenvalue weighted by Gasteiger charge is -2.16. The molecular formula is C8H12N4O5. The molecule has 0 saturated carbocycles. The third-order valence-electron chi connectivity index (χ3n) is 2.31. The Morgan fingerprint density at radius 2 is 2.35 bits per heavy atom. The molecule has 2 rings (SSSR count). The van der Waals surface area contributed by atoms with E-state index in [1.807, 2.05) is 0 Å². The average molecular weight is 247 g/mol. The molecule has 1 aliphatic heterocycles. The molecule has 1 aliphatic rings. The van der Waals surface area contributed by atoms with Gasteiger partial charge < -0.3 is 25.8 Å². The van der Waals surface area contributed by atoms with E-state index in [1.54, 1.807) is 0 Å². The Balaban J connectivity index is 2.43. The maximum atomic E-state index is 11.6. The number of aliphatic hydroxyl groups excluding tert-OH is 2. The molecule has 17 heavy (non-hydrogen) atoms. The van der Waals surface area contributed by atoms with Gasteiger partial charge in [-0.15, -0.1) is 0 Å². The predicted octanol–water partition coefficient (Wildman–Crippen LogP) is -3.17. The van der Waals surface area contributed by atoms with Gasteiger partial charge in [0.1, 0.15) is 26.0 Å². The average Bonchev–Trinajstić information content (AvgIpc) is 2.55. The number of nitrogen functional groups attached to an aromatic ring is 1. The monoisotopic (exact) mass is 247 g/mol. The lowest BCUT2D eigenvalue weighted by atomic mass is 10.1. The quantitative estimate of drug-likeness (QED) is 0.428. The first kappa shape index (κ1) is 8.53. The molecule has 1 aromatic heterocycles. The zero-order valence-corrected chi connectivity index (χ0v) is 8.39. The van der Waals surface area contributed by atoms with Crippen molar-refractivity contribution in [2.24, 2.45) is 0 Å². The van der Waals surface area contributed by atoms with Crippen molar-refractivity contribution >= 4 is 5.95 Å². The highest BCUT2D eigenvalue weighted by atomic mass is 16.6. The number of hydrogen-bond acceptors (Lipinski definition) is 8. The molecule has 9 heteroatoms. The van der Waals surface area contributed by atoms with Crippen LogP contribution in [0.1, 0.15) is 10.3 Å². The molecule has 94 valence electrons. The fourth-order valence-electron chi connectivity index (χ4n) is 1.47. The fraction of sp³-hybridized carbons (Fsp3) is 0.625. The Hall–Kier alpha value is -1.55. The van der Waals surface area contributed by atoms with E-state index in [0.717, 1.165) is 0 Å². The Labute approximate surface area is 99.3 Å². The van der Waals surface area contributed by atoms with Gasteiger partial charge >= 0.3 is 5.69 Å². The van der Waals surface area contributed by atoms with Gasteiger partial charge in [0.2, 0.25) is 5.95 Å².